The van der Waals surface area contributed by atoms with Crippen LogP contribution in [0.2, 0.25) is 0 Å². The lowest BCUT2D eigenvalue weighted by Gasteiger charge is -2.15. The van der Waals surface area contributed by atoms with Crippen molar-refractivity contribution in [3.05, 3.63) is 57.8 Å². The number of rotatable bonds is 6. The number of carbonyl (C=O) groups excluding carboxylic acids is 1. The lowest BCUT2D eigenvalue weighted by Crippen LogP contribution is -2.32. The Bertz CT molecular complexity index is 815. The number of nitrogens with zero attached hydrogens (tertiary/aromatic N) is 2. The average molecular weight is 341 g/mol. The number of fused-ring (bicyclic) bond motifs is 1. The van der Waals surface area contributed by atoms with Crippen LogP contribution in [0, 0.1) is 6.92 Å². The van der Waals surface area contributed by atoms with Gasteiger partial charge in [-0.1, -0.05) is 30.3 Å². The summed E-state index contributed by atoms with van der Waals surface area (Å²) >= 11 is 0. The summed E-state index contributed by atoms with van der Waals surface area (Å²) in [4.78, 5) is 29.3. The molecule has 0 radical (unpaired) electrons. The van der Waals surface area contributed by atoms with E-state index in [0.29, 0.717) is 36.6 Å². The molecule has 1 aliphatic heterocycles. The third-order valence-corrected chi connectivity index (χ3v) is 4.58. The third-order valence-electron chi connectivity index (χ3n) is 4.58. The van der Waals surface area contributed by atoms with Crippen molar-refractivity contribution in [1.82, 2.24) is 9.55 Å². The summed E-state index contributed by atoms with van der Waals surface area (Å²) in [5, 5.41) is 3.21. The van der Waals surface area contributed by atoms with Gasteiger partial charge in [-0.15, -0.1) is 0 Å². The van der Waals surface area contributed by atoms with Crippen LogP contribution in [0.3, 0.4) is 0 Å². The van der Waals surface area contributed by atoms with E-state index in [4.69, 9.17) is 4.74 Å². The standard InChI is InChI=1S/C19H23N3O3/c1-13-17(20-12-6-9-14-7-4-3-5-8-14)18(23)22-15(19(24)25-2)10-11-16(22)21-13/h3-5,7-8,15,20H,6,9-12H2,1-2H3/t15-/m0/s1. The Morgan fingerprint density at radius 1 is 1.36 bits per heavy atom. The minimum atomic E-state index is -0.564. The molecular weight excluding hydrogens is 318 g/mol. The first-order valence-electron chi connectivity index (χ1n) is 8.59. The van der Waals surface area contributed by atoms with Gasteiger partial charge in [0.05, 0.1) is 12.8 Å². The molecule has 3 rings (SSSR count). The van der Waals surface area contributed by atoms with Crippen LogP contribution in [0.15, 0.2) is 35.1 Å². The Morgan fingerprint density at radius 2 is 2.12 bits per heavy atom. The van der Waals surface area contributed by atoms with Crippen LogP contribution in [0.5, 0.6) is 0 Å². The molecule has 1 aromatic heterocycles. The normalized spacial score (nSPS) is 15.7. The Morgan fingerprint density at radius 3 is 2.84 bits per heavy atom. The van der Waals surface area contributed by atoms with E-state index >= 15 is 0 Å². The van der Waals surface area contributed by atoms with Gasteiger partial charge in [0.25, 0.3) is 5.56 Å². The maximum atomic E-state index is 12.8. The zero-order valence-electron chi connectivity index (χ0n) is 14.6. The summed E-state index contributed by atoms with van der Waals surface area (Å²) in [5.41, 5.74) is 2.25. The van der Waals surface area contributed by atoms with Crippen molar-refractivity contribution in [3.8, 4) is 0 Å². The highest BCUT2D eigenvalue weighted by Crippen LogP contribution is 2.25. The van der Waals surface area contributed by atoms with E-state index in [0.717, 1.165) is 12.8 Å². The van der Waals surface area contributed by atoms with Crippen LogP contribution in [0.1, 0.15) is 36.0 Å². The Hall–Kier alpha value is -2.63. The first-order valence-corrected chi connectivity index (χ1v) is 8.59. The quantitative estimate of drug-likeness (QED) is 0.644. The number of esters is 1. The second kappa shape index (κ2) is 7.51. The second-order valence-electron chi connectivity index (χ2n) is 6.26. The van der Waals surface area contributed by atoms with Crippen LogP contribution in [-0.2, 0) is 22.4 Å². The number of aromatic nitrogens is 2. The fourth-order valence-corrected chi connectivity index (χ4v) is 3.30. The fourth-order valence-electron chi connectivity index (χ4n) is 3.30. The second-order valence-corrected chi connectivity index (χ2v) is 6.26. The summed E-state index contributed by atoms with van der Waals surface area (Å²) in [7, 11) is 1.34. The monoisotopic (exact) mass is 341 g/mol. The van der Waals surface area contributed by atoms with Gasteiger partial charge in [-0.05, 0) is 31.7 Å². The maximum absolute atomic E-state index is 12.8. The van der Waals surface area contributed by atoms with E-state index in [1.165, 1.54) is 17.2 Å². The van der Waals surface area contributed by atoms with Crippen molar-refractivity contribution in [2.45, 2.75) is 38.6 Å². The molecule has 1 N–H and O–H groups in total. The van der Waals surface area contributed by atoms with Crippen molar-refractivity contribution in [2.24, 2.45) is 0 Å². The summed E-state index contributed by atoms with van der Waals surface area (Å²) < 4.78 is 6.30. The molecule has 1 aliphatic rings. The van der Waals surface area contributed by atoms with Gasteiger partial charge in [-0.3, -0.25) is 9.36 Å². The van der Waals surface area contributed by atoms with Gasteiger partial charge in [0.2, 0.25) is 0 Å². The van der Waals surface area contributed by atoms with Crippen molar-refractivity contribution in [3.63, 3.8) is 0 Å². The van der Waals surface area contributed by atoms with E-state index in [9.17, 15) is 9.59 Å². The van der Waals surface area contributed by atoms with Crippen molar-refractivity contribution < 1.29 is 9.53 Å². The summed E-state index contributed by atoms with van der Waals surface area (Å²) in [5.74, 6) is 0.272. The maximum Gasteiger partial charge on any atom is 0.329 e. The smallest absolute Gasteiger partial charge is 0.329 e. The van der Waals surface area contributed by atoms with Crippen molar-refractivity contribution in [1.29, 1.82) is 0 Å². The largest absolute Gasteiger partial charge is 0.467 e. The molecule has 132 valence electrons. The van der Waals surface area contributed by atoms with Gasteiger partial charge in [0.15, 0.2) is 0 Å². The molecule has 0 saturated carbocycles. The topological polar surface area (TPSA) is 73.2 Å². The molecule has 0 bridgehead atoms. The highest BCUT2D eigenvalue weighted by atomic mass is 16.5. The predicted octanol–water partition coefficient (Wildman–Crippen LogP) is 2.26. The van der Waals surface area contributed by atoms with Crippen LogP contribution in [0.4, 0.5) is 5.69 Å². The molecule has 0 spiro atoms. The minimum Gasteiger partial charge on any atom is -0.467 e. The molecule has 0 amide bonds. The molecule has 2 aromatic rings. The number of hydrogen-bond acceptors (Lipinski definition) is 5. The number of anilines is 1. The van der Waals surface area contributed by atoms with Gasteiger partial charge in [0, 0.05) is 13.0 Å². The zero-order chi connectivity index (χ0) is 17.8. The third kappa shape index (κ3) is 3.57. The number of methoxy groups -OCH3 is 1. The molecule has 0 aliphatic carbocycles. The molecule has 1 aromatic carbocycles. The predicted molar refractivity (Wildman–Crippen MR) is 95.9 cm³/mol. The van der Waals surface area contributed by atoms with Crippen LogP contribution in [0.25, 0.3) is 0 Å². The molecule has 6 nitrogen and oxygen atoms in total. The molecule has 0 fully saturated rings. The van der Waals surface area contributed by atoms with Crippen molar-refractivity contribution >= 4 is 11.7 Å². The first kappa shape index (κ1) is 17.2. The van der Waals surface area contributed by atoms with Gasteiger partial charge in [-0.2, -0.15) is 0 Å². The Balaban J connectivity index is 1.72. The molecule has 0 saturated heterocycles. The van der Waals surface area contributed by atoms with Crippen molar-refractivity contribution in [2.75, 3.05) is 19.0 Å². The average Bonchev–Trinajstić information content (AvgIpc) is 3.05. The fraction of sp³-hybridized carbons (Fsp3) is 0.421. The summed E-state index contributed by atoms with van der Waals surface area (Å²) in [6.45, 7) is 2.50. The van der Waals surface area contributed by atoms with Gasteiger partial charge < -0.3 is 10.1 Å². The first-order chi connectivity index (χ1) is 12.1. The van der Waals surface area contributed by atoms with E-state index in [1.54, 1.807) is 0 Å². The molecule has 25 heavy (non-hydrogen) atoms. The van der Waals surface area contributed by atoms with Gasteiger partial charge in [-0.25, -0.2) is 9.78 Å². The number of hydrogen-bond donors (Lipinski definition) is 1. The van der Waals surface area contributed by atoms with E-state index in [2.05, 4.69) is 22.4 Å². The molecule has 0 unspecified atom stereocenters. The molecule has 2 heterocycles. The number of nitrogens with one attached hydrogen (secondary N) is 1. The highest BCUT2D eigenvalue weighted by Gasteiger charge is 2.32. The van der Waals surface area contributed by atoms with E-state index in [-0.39, 0.29) is 11.5 Å². The lowest BCUT2D eigenvalue weighted by atomic mass is 10.1. The Kier molecular flexibility index (Phi) is 5.16. The summed E-state index contributed by atoms with van der Waals surface area (Å²) in [6.07, 6.45) is 3.03. The summed E-state index contributed by atoms with van der Waals surface area (Å²) in [6, 6.07) is 9.68. The highest BCUT2D eigenvalue weighted by molar-refractivity contribution is 5.75. The number of aryl methyl sites for hydroxylation is 3. The SMILES string of the molecule is COC(=O)[C@@H]1CCc2nc(C)c(NCCCc3ccccc3)c(=O)n21. The number of carbonyl (C=O) groups is 1. The van der Waals surface area contributed by atoms with E-state index < -0.39 is 6.04 Å². The van der Waals surface area contributed by atoms with Crippen LogP contribution in [-0.4, -0.2) is 29.2 Å². The molecule has 1 atom stereocenters. The molecular formula is C19H23N3O3. The number of ether oxygens (including phenoxy) is 1. The Labute approximate surface area is 146 Å². The minimum absolute atomic E-state index is 0.185. The lowest BCUT2D eigenvalue weighted by molar-refractivity contribution is -0.144. The van der Waals surface area contributed by atoms with Crippen LogP contribution < -0.4 is 10.9 Å². The molecule has 6 heteroatoms. The van der Waals surface area contributed by atoms with E-state index in [1.807, 2.05) is 25.1 Å². The zero-order valence-corrected chi connectivity index (χ0v) is 14.6. The van der Waals surface area contributed by atoms with Gasteiger partial charge >= 0.3 is 5.97 Å². The van der Waals surface area contributed by atoms with Gasteiger partial charge in [0.1, 0.15) is 17.6 Å². The van der Waals surface area contributed by atoms with Crippen LogP contribution >= 0.6 is 0 Å². The number of benzene rings is 1.